The van der Waals surface area contributed by atoms with Crippen LogP contribution < -0.4 is 14.2 Å². The number of pyridine rings is 1. The first-order valence-electron chi connectivity index (χ1n) is 7.55. The minimum Gasteiger partial charge on any atom is -0.496 e. The Labute approximate surface area is 142 Å². The van der Waals surface area contributed by atoms with Crippen LogP contribution in [0.3, 0.4) is 0 Å². The average molecular weight is 330 g/mol. The van der Waals surface area contributed by atoms with Gasteiger partial charge in [0, 0.05) is 38.1 Å². The zero-order valence-electron chi connectivity index (χ0n) is 14.4. The normalized spacial score (nSPS) is 10.2. The van der Waals surface area contributed by atoms with Crippen molar-refractivity contribution in [3.63, 3.8) is 0 Å². The summed E-state index contributed by atoms with van der Waals surface area (Å²) in [6.45, 7) is 0.571. The van der Waals surface area contributed by atoms with Crippen molar-refractivity contribution in [1.82, 2.24) is 9.88 Å². The molecule has 0 saturated heterocycles. The number of hydrogen-bond donors (Lipinski definition) is 0. The molecule has 1 amide bonds. The fourth-order valence-corrected chi connectivity index (χ4v) is 2.36. The van der Waals surface area contributed by atoms with Crippen molar-refractivity contribution in [3.8, 4) is 17.2 Å². The number of hydrogen-bond acceptors (Lipinski definition) is 5. The Bertz CT molecular complexity index is 664. The van der Waals surface area contributed by atoms with Gasteiger partial charge in [-0.3, -0.25) is 9.78 Å². The van der Waals surface area contributed by atoms with Gasteiger partial charge in [-0.05, 0) is 24.1 Å². The highest BCUT2D eigenvalue weighted by atomic mass is 16.5. The maximum atomic E-state index is 12.8. The van der Waals surface area contributed by atoms with Crippen LogP contribution in [0.1, 0.15) is 15.9 Å². The van der Waals surface area contributed by atoms with Gasteiger partial charge >= 0.3 is 0 Å². The number of amides is 1. The number of nitrogens with zero attached hydrogens (tertiary/aromatic N) is 2. The van der Waals surface area contributed by atoms with Crippen molar-refractivity contribution >= 4 is 5.91 Å². The molecule has 1 aromatic carbocycles. The highest BCUT2D eigenvalue weighted by molar-refractivity contribution is 6.00. The highest BCUT2D eigenvalue weighted by Gasteiger charge is 2.23. The van der Waals surface area contributed by atoms with E-state index in [9.17, 15) is 4.79 Å². The molecule has 0 aliphatic rings. The molecule has 24 heavy (non-hydrogen) atoms. The van der Waals surface area contributed by atoms with Crippen LogP contribution in [0.15, 0.2) is 36.7 Å². The van der Waals surface area contributed by atoms with Crippen molar-refractivity contribution in [3.05, 3.63) is 47.8 Å². The molecule has 2 rings (SSSR count). The second kappa shape index (κ2) is 8.19. The summed E-state index contributed by atoms with van der Waals surface area (Å²) in [6, 6.07) is 7.22. The van der Waals surface area contributed by atoms with Crippen LogP contribution in [0.25, 0.3) is 0 Å². The van der Waals surface area contributed by atoms with E-state index in [4.69, 9.17) is 14.2 Å². The highest BCUT2D eigenvalue weighted by Crippen LogP contribution is 2.34. The van der Waals surface area contributed by atoms with E-state index in [0.717, 1.165) is 12.0 Å². The first kappa shape index (κ1) is 17.6. The van der Waals surface area contributed by atoms with Crippen LogP contribution in [0.2, 0.25) is 0 Å². The molecule has 0 aliphatic heterocycles. The standard InChI is InChI=1S/C18H22N2O4/c1-20(10-7-13-5-8-19-9-6-13)18(21)17-15(23-3)11-14(22-2)12-16(17)24-4/h5-6,8-9,11-12H,7,10H2,1-4H3. The molecule has 0 spiro atoms. The molecule has 0 bridgehead atoms. The number of benzene rings is 1. The van der Waals surface area contributed by atoms with Crippen LogP contribution in [0, 0.1) is 0 Å². The van der Waals surface area contributed by atoms with Gasteiger partial charge in [0.2, 0.25) is 0 Å². The minimum absolute atomic E-state index is 0.166. The molecule has 1 aromatic heterocycles. The van der Waals surface area contributed by atoms with Gasteiger partial charge in [0.1, 0.15) is 22.8 Å². The number of ether oxygens (including phenoxy) is 3. The second-order valence-corrected chi connectivity index (χ2v) is 5.24. The quantitative estimate of drug-likeness (QED) is 0.780. The summed E-state index contributed by atoms with van der Waals surface area (Å²) in [6.07, 6.45) is 4.23. The first-order chi connectivity index (χ1) is 11.6. The summed E-state index contributed by atoms with van der Waals surface area (Å²) in [5, 5.41) is 0. The lowest BCUT2D eigenvalue weighted by atomic mass is 10.1. The number of methoxy groups -OCH3 is 3. The zero-order valence-corrected chi connectivity index (χ0v) is 14.4. The van der Waals surface area contributed by atoms with Gasteiger partial charge in [-0.1, -0.05) is 0 Å². The molecule has 6 nitrogen and oxygen atoms in total. The predicted molar refractivity (Wildman–Crippen MR) is 91.0 cm³/mol. The van der Waals surface area contributed by atoms with Gasteiger partial charge in [0.25, 0.3) is 5.91 Å². The third-order valence-electron chi connectivity index (χ3n) is 3.76. The Morgan fingerprint density at radius 3 is 2.12 bits per heavy atom. The van der Waals surface area contributed by atoms with E-state index in [0.29, 0.717) is 29.4 Å². The van der Waals surface area contributed by atoms with Gasteiger partial charge < -0.3 is 19.1 Å². The Hall–Kier alpha value is -2.76. The van der Waals surface area contributed by atoms with Gasteiger partial charge in [-0.15, -0.1) is 0 Å². The molecule has 128 valence electrons. The Kier molecular flexibility index (Phi) is 6.01. The van der Waals surface area contributed by atoms with Crippen LogP contribution in [0.5, 0.6) is 17.2 Å². The fourth-order valence-electron chi connectivity index (χ4n) is 2.36. The van der Waals surface area contributed by atoms with Crippen LogP contribution in [-0.2, 0) is 6.42 Å². The lowest BCUT2D eigenvalue weighted by Crippen LogP contribution is -2.29. The van der Waals surface area contributed by atoms with E-state index in [1.54, 1.807) is 43.6 Å². The molecule has 0 aliphatic carbocycles. The lowest BCUT2D eigenvalue weighted by Gasteiger charge is -2.21. The Balaban J connectivity index is 2.21. The summed E-state index contributed by atoms with van der Waals surface area (Å²) >= 11 is 0. The molecule has 0 N–H and O–H groups in total. The van der Waals surface area contributed by atoms with Gasteiger partial charge in [0.05, 0.1) is 21.3 Å². The van der Waals surface area contributed by atoms with E-state index in [-0.39, 0.29) is 5.91 Å². The van der Waals surface area contributed by atoms with Gasteiger partial charge in [-0.2, -0.15) is 0 Å². The summed E-state index contributed by atoms with van der Waals surface area (Å²) in [5.41, 5.74) is 1.51. The predicted octanol–water partition coefficient (Wildman–Crippen LogP) is 2.42. The van der Waals surface area contributed by atoms with E-state index in [1.807, 2.05) is 12.1 Å². The van der Waals surface area contributed by atoms with Crippen molar-refractivity contribution in [2.75, 3.05) is 34.9 Å². The third-order valence-corrected chi connectivity index (χ3v) is 3.76. The van der Waals surface area contributed by atoms with Crippen molar-refractivity contribution < 1.29 is 19.0 Å². The number of carbonyl (C=O) groups is 1. The maximum absolute atomic E-state index is 12.8. The van der Waals surface area contributed by atoms with Crippen LogP contribution in [-0.4, -0.2) is 50.7 Å². The summed E-state index contributed by atoms with van der Waals surface area (Å²) in [4.78, 5) is 18.5. The Morgan fingerprint density at radius 2 is 1.62 bits per heavy atom. The average Bonchev–Trinajstić information content (AvgIpc) is 2.64. The van der Waals surface area contributed by atoms with Crippen LogP contribution in [0.4, 0.5) is 0 Å². The first-order valence-corrected chi connectivity index (χ1v) is 7.55. The molecular formula is C18H22N2O4. The minimum atomic E-state index is -0.166. The summed E-state index contributed by atoms with van der Waals surface area (Å²) < 4.78 is 15.9. The number of likely N-dealkylation sites (N-methyl/N-ethyl adjacent to an activating group) is 1. The number of rotatable bonds is 7. The molecule has 0 unspecified atom stereocenters. The van der Waals surface area contributed by atoms with E-state index < -0.39 is 0 Å². The topological polar surface area (TPSA) is 60.9 Å². The van der Waals surface area contributed by atoms with Gasteiger partial charge in [0.15, 0.2) is 0 Å². The molecule has 1 heterocycles. The zero-order chi connectivity index (χ0) is 17.5. The van der Waals surface area contributed by atoms with E-state index in [1.165, 1.54) is 14.2 Å². The SMILES string of the molecule is COc1cc(OC)c(C(=O)N(C)CCc2ccncc2)c(OC)c1. The fraction of sp³-hybridized carbons (Fsp3) is 0.333. The number of carbonyl (C=O) groups excluding carboxylic acids is 1. The van der Waals surface area contributed by atoms with Crippen LogP contribution >= 0.6 is 0 Å². The van der Waals surface area contributed by atoms with Gasteiger partial charge in [-0.25, -0.2) is 0 Å². The largest absolute Gasteiger partial charge is 0.496 e. The molecule has 0 fully saturated rings. The van der Waals surface area contributed by atoms with Crippen molar-refractivity contribution in [2.24, 2.45) is 0 Å². The van der Waals surface area contributed by atoms with E-state index >= 15 is 0 Å². The summed E-state index contributed by atoms with van der Waals surface area (Å²) in [5.74, 6) is 1.25. The molecule has 0 radical (unpaired) electrons. The molecule has 6 heteroatoms. The third kappa shape index (κ3) is 3.95. The Morgan fingerprint density at radius 1 is 1.04 bits per heavy atom. The van der Waals surface area contributed by atoms with Crippen molar-refractivity contribution in [1.29, 1.82) is 0 Å². The molecule has 0 saturated carbocycles. The molecule has 0 atom stereocenters. The molecule has 2 aromatic rings. The second-order valence-electron chi connectivity index (χ2n) is 5.24. The summed E-state index contributed by atoms with van der Waals surface area (Å²) in [7, 11) is 6.34. The number of aromatic nitrogens is 1. The van der Waals surface area contributed by atoms with E-state index in [2.05, 4.69) is 4.98 Å². The monoisotopic (exact) mass is 330 g/mol. The lowest BCUT2D eigenvalue weighted by molar-refractivity contribution is 0.0789. The maximum Gasteiger partial charge on any atom is 0.261 e. The van der Waals surface area contributed by atoms with Crippen molar-refractivity contribution in [2.45, 2.75) is 6.42 Å². The molecular weight excluding hydrogens is 308 g/mol. The smallest absolute Gasteiger partial charge is 0.261 e.